The third-order valence-corrected chi connectivity index (χ3v) is 7.56. The quantitative estimate of drug-likeness (QED) is 0.568. The molecule has 5 rings (SSSR count). The van der Waals surface area contributed by atoms with Crippen LogP contribution in [0.25, 0.3) is 5.57 Å². The molecule has 0 aromatic heterocycles. The van der Waals surface area contributed by atoms with Gasteiger partial charge in [-0.2, -0.15) is 5.26 Å². The first-order valence-electron chi connectivity index (χ1n) is 12.6. The van der Waals surface area contributed by atoms with Crippen LogP contribution in [0.4, 0.5) is 4.79 Å². The zero-order chi connectivity index (χ0) is 26.7. The van der Waals surface area contributed by atoms with Crippen molar-refractivity contribution in [2.24, 2.45) is 0 Å². The van der Waals surface area contributed by atoms with Crippen LogP contribution in [0, 0.1) is 11.3 Å². The molecule has 0 atom stereocenters. The van der Waals surface area contributed by atoms with E-state index in [1.165, 1.54) is 0 Å². The number of ketones is 1. The number of hydrogen-bond donors (Lipinski definition) is 0. The van der Waals surface area contributed by atoms with Crippen LogP contribution in [0.5, 0.6) is 0 Å². The second-order valence-electron chi connectivity index (χ2n) is 11.5. The van der Waals surface area contributed by atoms with Crippen molar-refractivity contribution >= 4 is 23.4 Å². The van der Waals surface area contributed by atoms with E-state index >= 15 is 0 Å². The second-order valence-corrected chi connectivity index (χ2v) is 11.5. The highest BCUT2D eigenvalue weighted by atomic mass is 16.6. The molecule has 2 amide bonds. The van der Waals surface area contributed by atoms with Crippen molar-refractivity contribution in [3.8, 4) is 6.07 Å². The summed E-state index contributed by atoms with van der Waals surface area (Å²) in [5.41, 5.74) is 5.24. The van der Waals surface area contributed by atoms with Gasteiger partial charge in [0.25, 0.3) is 5.91 Å². The van der Waals surface area contributed by atoms with Crippen LogP contribution in [0.1, 0.15) is 77.6 Å². The Bertz CT molecular complexity index is 1410. The van der Waals surface area contributed by atoms with Crippen LogP contribution in [0.3, 0.4) is 0 Å². The minimum absolute atomic E-state index is 0.0299. The van der Waals surface area contributed by atoms with Crippen molar-refractivity contribution in [2.45, 2.75) is 52.1 Å². The molecule has 37 heavy (non-hydrogen) atoms. The number of nitriles is 1. The molecule has 2 aromatic carbocycles. The van der Waals surface area contributed by atoms with Crippen molar-refractivity contribution in [1.29, 1.82) is 5.26 Å². The van der Waals surface area contributed by atoms with Gasteiger partial charge in [-0.1, -0.05) is 19.9 Å². The number of carbonyl (C=O) groups is 3. The van der Waals surface area contributed by atoms with Gasteiger partial charge in [-0.25, -0.2) is 4.79 Å². The largest absolute Gasteiger partial charge is 0.444 e. The zero-order valence-corrected chi connectivity index (χ0v) is 22.0. The van der Waals surface area contributed by atoms with Gasteiger partial charge in [0.05, 0.1) is 11.6 Å². The van der Waals surface area contributed by atoms with E-state index in [2.05, 4.69) is 19.9 Å². The lowest BCUT2D eigenvalue weighted by Gasteiger charge is -2.36. The molecule has 0 saturated carbocycles. The van der Waals surface area contributed by atoms with E-state index in [4.69, 9.17) is 4.74 Å². The maximum atomic E-state index is 13.6. The molecule has 1 heterocycles. The number of amides is 2. The minimum atomic E-state index is -0.564. The number of Topliss-reactive ketones (excluding diaryl/α,β-unsaturated/α-hetero) is 1. The Morgan fingerprint density at radius 1 is 0.973 bits per heavy atom. The summed E-state index contributed by atoms with van der Waals surface area (Å²) >= 11 is 0. The molecule has 3 aliphatic rings. The van der Waals surface area contributed by atoms with E-state index in [9.17, 15) is 19.6 Å². The second kappa shape index (κ2) is 8.58. The Kier molecular flexibility index (Phi) is 5.74. The van der Waals surface area contributed by atoms with Crippen LogP contribution in [0.2, 0.25) is 0 Å². The maximum Gasteiger partial charge on any atom is 0.410 e. The molecule has 1 aliphatic heterocycles. The van der Waals surface area contributed by atoms with Crippen LogP contribution in [-0.2, 0) is 16.6 Å². The number of piperazine rings is 1. The molecular weight excluding hydrogens is 466 g/mol. The first-order valence-corrected chi connectivity index (χ1v) is 12.6. The molecule has 0 bridgehead atoms. The molecule has 0 spiro atoms. The van der Waals surface area contributed by atoms with Gasteiger partial charge >= 0.3 is 6.09 Å². The Hall–Kier alpha value is -3.92. The summed E-state index contributed by atoms with van der Waals surface area (Å²) in [7, 11) is 0. The number of nitrogens with zero attached hydrogens (tertiary/aromatic N) is 3. The highest BCUT2D eigenvalue weighted by Crippen LogP contribution is 2.50. The maximum absolute atomic E-state index is 13.6. The number of carbonyl (C=O) groups excluding carboxylic acids is 3. The monoisotopic (exact) mass is 497 g/mol. The van der Waals surface area contributed by atoms with E-state index in [1.54, 1.807) is 28.0 Å². The van der Waals surface area contributed by atoms with Crippen LogP contribution in [-0.4, -0.2) is 59.4 Å². The van der Waals surface area contributed by atoms with Crippen molar-refractivity contribution < 1.29 is 19.1 Å². The van der Waals surface area contributed by atoms with E-state index < -0.39 is 11.0 Å². The number of rotatable bonds is 1. The lowest BCUT2D eigenvalue weighted by molar-refractivity contribution is 0.0141. The molecule has 1 fully saturated rings. The predicted molar refractivity (Wildman–Crippen MR) is 139 cm³/mol. The van der Waals surface area contributed by atoms with Crippen LogP contribution < -0.4 is 0 Å². The van der Waals surface area contributed by atoms with Gasteiger partial charge in [0.15, 0.2) is 5.78 Å². The average molecular weight is 498 g/mol. The molecule has 0 radical (unpaired) electrons. The Balaban J connectivity index is 1.38. The summed E-state index contributed by atoms with van der Waals surface area (Å²) in [6.45, 7) is 11.4. The smallest absolute Gasteiger partial charge is 0.410 e. The molecule has 7 heteroatoms. The standard InChI is InChI=1S/C30H31N3O4/c1-29(2,3)37-28(36)33-12-10-32(11-13-33)27(35)19-7-9-22-23(15-19)30(4,5)24-16-20-14-18(17-31)6-8-21(20)25(24)26(22)34/h6-9,14-15H,10-13,16H2,1-5H3. The number of fused-ring (bicyclic) bond motifs is 3. The highest BCUT2D eigenvalue weighted by Gasteiger charge is 2.43. The Labute approximate surface area is 217 Å². The topological polar surface area (TPSA) is 90.7 Å². The van der Waals surface area contributed by atoms with E-state index in [-0.39, 0.29) is 17.8 Å². The van der Waals surface area contributed by atoms with Crippen LogP contribution in [0.15, 0.2) is 42.0 Å². The minimum Gasteiger partial charge on any atom is -0.444 e. The van der Waals surface area contributed by atoms with Gasteiger partial charge in [0.2, 0.25) is 0 Å². The fourth-order valence-electron chi connectivity index (χ4n) is 5.58. The van der Waals surface area contributed by atoms with Gasteiger partial charge in [-0.05, 0) is 79.8 Å². The summed E-state index contributed by atoms with van der Waals surface area (Å²) < 4.78 is 5.45. The summed E-state index contributed by atoms with van der Waals surface area (Å²) in [6.07, 6.45) is 0.251. The fraction of sp³-hybridized carbons (Fsp3) is 0.400. The first kappa shape index (κ1) is 24.8. The molecule has 7 nitrogen and oxygen atoms in total. The Morgan fingerprint density at radius 2 is 1.62 bits per heavy atom. The summed E-state index contributed by atoms with van der Waals surface area (Å²) in [6, 6.07) is 13.1. The van der Waals surface area contributed by atoms with E-state index in [0.29, 0.717) is 49.3 Å². The third-order valence-electron chi connectivity index (χ3n) is 7.56. The predicted octanol–water partition coefficient (Wildman–Crippen LogP) is 4.73. The molecule has 0 N–H and O–H groups in total. The lowest BCUT2D eigenvalue weighted by atomic mass is 9.68. The number of allylic oxidation sites excluding steroid dienone is 2. The van der Waals surface area contributed by atoms with Gasteiger partial charge in [0, 0.05) is 48.3 Å². The van der Waals surface area contributed by atoms with Gasteiger partial charge in [0.1, 0.15) is 5.60 Å². The average Bonchev–Trinajstić information content (AvgIpc) is 3.26. The molecule has 0 unspecified atom stereocenters. The molecule has 2 aliphatic carbocycles. The van der Waals surface area contributed by atoms with Gasteiger partial charge in [-0.15, -0.1) is 0 Å². The van der Waals surface area contributed by atoms with Crippen molar-refractivity contribution in [1.82, 2.24) is 9.80 Å². The van der Waals surface area contributed by atoms with Crippen molar-refractivity contribution in [3.63, 3.8) is 0 Å². The number of hydrogen-bond acceptors (Lipinski definition) is 5. The normalized spacial score (nSPS) is 18.1. The lowest BCUT2D eigenvalue weighted by Crippen LogP contribution is -2.51. The summed E-state index contributed by atoms with van der Waals surface area (Å²) in [5.74, 6) is -0.138. The first-order chi connectivity index (χ1) is 17.4. The van der Waals surface area contributed by atoms with E-state index in [0.717, 1.165) is 27.8 Å². The van der Waals surface area contributed by atoms with Gasteiger partial charge < -0.3 is 14.5 Å². The molecule has 2 aromatic rings. The fourth-order valence-corrected chi connectivity index (χ4v) is 5.58. The summed E-state index contributed by atoms with van der Waals surface area (Å²) in [4.78, 5) is 42.8. The molecule has 190 valence electrons. The third kappa shape index (κ3) is 4.21. The number of ether oxygens (including phenoxy) is 1. The van der Waals surface area contributed by atoms with Crippen molar-refractivity contribution in [2.75, 3.05) is 26.2 Å². The SMILES string of the molecule is CC(C)(C)OC(=O)N1CCN(C(=O)c2ccc3c(c2)C(C)(C)C2=C(C3=O)c3ccc(C#N)cc3C2)CC1. The zero-order valence-electron chi connectivity index (χ0n) is 22.0. The van der Waals surface area contributed by atoms with Gasteiger partial charge in [-0.3, -0.25) is 9.59 Å². The molecule has 1 saturated heterocycles. The highest BCUT2D eigenvalue weighted by molar-refractivity contribution is 6.33. The van der Waals surface area contributed by atoms with Crippen LogP contribution >= 0.6 is 0 Å². The van der Waals surface area contributed by atoms with E-state index in [1.807, 2.05) is 39.0 Å². The Morgan fingerprint density at radius 3 is 2.27 bits per heavy atom. The summed E-state index contributed by atoms with van der Waals surface area (Å²) in [5, 5.41) is 9.31. The number of benzene rings is 2. The van der Waals surface area contributed by atoms with Crippen molar-refractivity contribution in [3.05, 3.63) is 75.4 Å². The molecular formula is C30H31N3O4.